The number of thioether (sulfide) groups is 1. The summed E-state index contributed by atoms with van der Waals surface area (Å²) in [6, 6.07) is 9.65. The topological polar surface area (TPSA) is 80.1 Å². The van der Waals surface area contributed by atoms with Gasteiger partial charge in [-0.05, 0) is 44.7 Å². The van der Waals surface area contributed by atoms with Crippen LogP contribution in [0.25, 0.3) is 0 Å². The van der Waals surface area contributed by atoms with Crippen molar-refractivity contribution in [3.05, 3.63) is 41.7 Å². The quantitative estimate of drug-likeness (QED) is 0.541. The molecule has 2 aromatic rings. The van der Waals surface area contributed by atoms with Crippen molar-refractivity contribution in [2.75, 3.05) is 5.75 Å². The van der Waals surface area contributed by atoms with Crippen LogP contribution in [0.2, 0.25) is 0 Å². The fourth-order valence-corrected chi connectivity index (χ4v) is 6.18. The smallest absolute Gasteiger partial charge is 0.251 e. The molecule has 184 valence electrons. The molecular weight excluding hydrogens is 446 g/mol. The molecule has 1 atom stereocenters. The van der Waals surface area contributed by atoms with Crippen LogP contribution in [0.1, 0.15) is 93.4 Å². The van der Waals surface area contributed by atoms with Crippen molar-refractivity contribution in [1.82, 2.24) is 25.0 Å². The summed E-state index contributed by atoms with van der Waals surface area (Å²) in [5.74, 6) is 1.15. The van der Waals surface area contributed by atoms with Crippen LogP contribution < -0.4 is 5.32 Å². The SMILES string of the molecule is C[C@H](NC(=O)c1ccccc1)c1nnc(SCC(=O)N(C2CCCCC2)C2CCCCC2)n1C. The average Bonchev–Trinajstić information content (AvgIpc) is 3.25. The predicted molar refractivity (Wildman–Crippen MR) is 135 cm³/mol. The molecule has 0 spiro atoms. The second-order valence-electron chi connectivity index (χ2n) is 9.63. The summed E-state index contributed by atoms with van der Waals surface area (Å²) < 4.78 is 1.89. The number of hydrogen-bond donors (Lipinski definition) is 1. The van der Waals surface area contributed by atoms with Crippen molar-refractivity contribution in [3.8, 4) is 0 Å². The maximum atomic E-state index is 13.5. The minimum absolute atomic E-state index is 0.143. The van der Waals surface area contributed by atoms with Gasteiger partial charge in [-0.3, -0.25) is 9.59 Å². The van der Waals surface area contributed by atoms with Crippen LogP contribution in [0.3, 0.4) is 0 Å². The standard InChI is InChI=1S/C26H37N5O2S/c1-19(27-25(33)20-12-6-3-7-13-20)24-28-29-26(30(24)2)34-18-23(32)31(21-14-8-4-9-15-21)22-16-10-5-11-17-22/h3,6-7,12-13,19,21-22H,4-5,8-11,14-18H2,1-2H3,(H,27,33)/t19-/m0/s1. The monoisotopic (exact) mass is 483 g/mol. The van der Waals surface area contributed by atoms with Crippen molar-refractivity contribution in [1.29, 1.82) is 0 Å². The Balaban J connectivity index is 1.38. The van der Waals surface area contributed by atoms with E-state index in [0.717, 1.165) is 25.7 Å². The largest absolute Gasteiger partial charge is 0.342 e. The number of rotatable bonds is 8. The fraction of sp³-hybridized carbons (Fsp3) is 0.615. The molecule has 4 rings (SSSR count). The van der Waals surface area contributed by atoms with Crippen LogP contribution in [-0.2, 0) is 11.8 Å². The third-order valence-corrected chi connectivity index (χ3v) is 8.19. The average molecular weight is 484 g/mol. The summed E-state index contributed by atoms with van der Waals surface area (Å²) in [4.78, 5) is 28.2. The highest BCUT2D eigenvalue weighted by molar-refractivity contribution is 7.99. The Kier molecular flexibility index (Phi) is 8.64. The fourth-order valence-electron chi connectivity index (χ4n) is 5.39. The normalized spacial score (nSPS) is 18.4. The first-order chi connectivity index (χ1) is 16.5. The van der Waals surface area contributed by atoms with E-state index in [1.54, 1.807) is 12.1 Å². The highest BCUT2D eigenvalue weighted by atomic mass is 32.2. The van der Waals surface area contributed by atoms with E-state index in [1.165, 1.54) is 50.3 Å². The number of nitrogens with zero attached hydrogens (tertiary/aromatic N) is 4. The summed E-state index contributed by atoms with van der Waals surface area (Å²) >= 11 is 1.45. The van der Waals surface area contributed by atoms with Crippen molar-refractivity contribution in [2.24, 2.45) is 7.05 Å². The summed E-state index contributed by atoms with van der Waals surface area (Å²) in [6.07, 6.45) is 12.1. The van der Waals surface area contributed by atoms with E-state index in [2.05, 4.69) is 20.4 Å². The lowest BCUT2D eigenvalue weighted by Gasteiger charge is -2.41. The van der Waals surface area contributed by atoms with E-state index in [-0.39, 0.29) is 17.9 Å². The molecule has 8 heteroatoms. The molecule has 0 radical (unpaired) electrons. The Morgan fingerprint density at radius 2 is 1.59 bits per heavy atom. The van der Waals surface area contributed by atoms with Gasteiger partial charge < -0.3 is 14.8 Å². The molecule has 2 fully saturated rings. The molecule has 0 saturated heterocycles. The highest BCUT2D eigenvalue weighted by Crippen LogP contribution is 2.31. The van der Waals surface area contributed by atoms with Crippen LogP contribution in [0.4, 0.5) is 0 Å². The molecule has 2 saturated carbocycles. The summed E-state index contributed by atoms with van der Waals surface area (Å²) in [6.45, 7) is 1.90. The third kappa shape index (κ3) is 6.01. The van der Waals surface area contributed by atoms with Gasteiger partial charge in [0.1, 0.15) is 0 Å². The van der Waals surface area contributed by atoms with Gasteiger partial charge in [0.25, 0.3) is 5.91 Å². The number of benzene rings is 1. The second-order valence-corrected chi connectivity index (χ2v) is 10.6. The van der Waals surface area contributed by atoms with Crippen LogP contribution in [0.15, 0.2) is 35.5 Å². The van der Waals surface area contributed by atoms with Crippen molar-refractivity contribution >= 4 is 23.6 Å². The van der Waals surface area contributed by atoms with Gasteiger partial charge >= 0.3 is 0 Å². The van der Waals surface area contributed by atoms with Crippen LogP contribution in [-0.4, -0.2) is 49.3 Å². The summed E-state index contributed by atoms with van der Waals surface area (Å²) in [5.41, 5.74) is 0.613. The van der Waals surface area contributed by atoms with E-state index in [4.69, 9.17) is 0 Å². The lowest BCUT2D eigenvalue weighted by molar-refractivity contribution is -0.135. The van der Waals surface area contributed by atoms with Crippen molar-refractivity contribution in [3.63, 3.8) is 0 Å². The highest BCUT2D eigenvalue weighted by Gasteiger charge is 2.32. The second kappa shape index (κ2) is 11.9. The number of hydrogen-bond acceptors (Lipinski definition) is 5. The van der Waals surface area contributed by atoms with Gasteiger partial charge in [-0.25, -0.2) is 0 Å². The number of carbonyl (C=O) groups is 2. The van der Waals surface area contributed by atoms with Gasteiger partial charge in [-0.2, -0.15) is 0 Å². The van der Waals surface area contributed by atoms with Crippen LogP contribution in [0, 0.1) is 0 Å². The molecule has 2 aliphatic carbocycles. The number of amides is 2. The predicted octanol–water partition coefficient (Wildman–Crippen LogP) is 4.89. The molecular formula is C26H37N5O2S. The lowest BCUT2D eigenvalue weighted by Crippen LogP contribution is -2.49. The zero-order chi connectivity index (χ0) is 23.9. The minimum atomic E-state index is -0.295. The zero-order valence-corrected chi connectivity index (χ0v) is 21.2. The first kappa shape index (κ1) is 24.8. The Morgan fingerprint density at radius 3 is 2.18 bits per heavy atom. The number of carbonyl (C=O) groups excluding carboxylic acids is 2. The van der Waals surface area contributed by atoms with Gasteiger partial charge in [0.2, 0.25) is 5.91 Å². The molecule has 0 aliphatic heterocycles. The molecule has 34 heavy (non-hydrogen) atoms. The molecule has 1 aromatic carbocycles. The summed E-state index contributed by atoms with van der Waals surface area (Å²) in [5, 5.41) is 12.3. The molecule has 0 bridgehead atoms. The van der Waals surface area contributed by atoms with E-state index < -0.39 is 0 Å². The molecule has 0 unspecified atom stereocenters. The van der Waals surface area contributed by atoms with Crippen LogP contribution in [0.5, 0.6) is 0 Å². The molecule has 7 nitrogen and oxygen atoms in total. The van der Waals surface area contributed by atoms with Gasteiger partial charge in [0.15, 0.2) is 11.0 Å². The summed E-state index contributed by atoms with van der Waals surface area (Å²) in [7, 11) is 1.90. The zero-order valence-electron chi connectivity index (χ0n) is 20.4. The van der Waals surface area contributed by atoms with E-state index in [9.17, 15) is 9.59 Å². The third-order valence-electron chi connectivity index (χ3n) is 7.19. The van der Waals surface area contributed by atoms with Gasteiger partial charge in [0.05, 0.1) is 11.8 Å². The lowest BCUT2D eigenvalue weighted by atomic mass is 9.88. The van der Waals surface area contributed by atoms with Crippen molar-refractivity contribution < 1.29 is 9.59 Å². The van der Waals surface area contributed by atoms with Gasteiger partial charge in [-0.15, -0.1) is 10.2 Å². The number of aromatic nitrogens is 3. The van der Waals surface area contributed by atoms with Gasteiger partial charge in [0, 0.05) is 24.7 Å². The Labute approximate surface area is 207 Å². The van der Waals surface area contributed by atoms with Gasteiger partial charge in [-0.1, -0.05) is 68.5 Å². The van der Waals surface area contributed by atoms with Crippen molar-refractivity contribution in [2.45, 2.75) is 94.4 Å². The van der Waals surface area contributed by atoms with Crippen LogP contribution >= 0.6 is 11.8 Å². The first-order valence-electron chi connectivity index (χ1n) is 12.7. The molecule has 1 aromatic heterocycles. The Bertz CT molecular complexity index is 933. The molecule has 2 aliphatic rings. The molecule has 1 heterocycles. The maximum Gasteiger partial charge on any atom is 0.251 e. The minimum Gasteiger partial charge on any atom is -0.342 e. The van der Waals surface area contributed by atoms with E-state index >= 15 is 0 Å². The molecule has 1 N–H and O–H groups in total. The number of nitrogens with one attached hydrogen (secondary N) is 1. The first-order valence-corrected chi connectivity index (χ1v) is 13.7. The maximum absolute atomic E-state index is 13.5. The Hall–Kier alpha value is -2.35. The Morgan fingerprint density at radius 1 is 1.00 bits per heavy atom. The van der Waals surface area contributed by atoms with E-state index in [1.807, 2.05) is 36.7 Å². The molecule has 2 amide bonds. The van der Waals surface area contributed by atoms with E-state index in [0.29, 0.717) is 34.4 Å².